The molecule has 0 aliphatic heterocycles. The molecule has 0 bridgehead atoms. The number of hydrogen-bond donors (Lipinski definition) is 0. The second-order valence-corrected chi connectivity index (χ2v) is 5.14. The van der Waals surface area contributed by atoms with E-state index >= 15 is 0 Å². The van der Waals surface area contributed by atoms with Gasteiger partial charge in [-0.1, -0.05) is 60.7 Å². The third-order valence-electron chi connectivity index (χ3n) is 3.09. The predicted molar refractivity (Wildman–Crippen MR) is 86.0 cm³/mol. The number of nitrogens with zero attached hydrogens (tertiary/aromatic N) is 1. The Labute approximate surface area is 135 Å². The molecule has 2 rings (SSSR count). The van der Waals surface area contributed by atoms with Crippen molar-refractivity contribution in [3.8, 4) is 0 Å². The van der Waals surface area contributed by atoms with Crippen LogP contribution in [0.4, 0.5) is 4.79 Å². The molecule has 0 saturated heterocycles. The Morgan fingerprint density at radius 2 is 1.52 bits per heavy atom. The Morgan fingerprint density at radius 1 is 0.957 bits per heavy atom. The molecule has 5 nitrogen and oxygen atoms in total. The van der Waals surface area contributed by atoms with Crippen LogP contribution in [0.25, 0.3) is 0 Å². The highest BCUT2D eigenvalue weighted by atomic mass is 16.7. The molecule has 0 aliphatic rings. The van der Waals surface area contributed by atoms with Crippen LogP contribution in [0.3, 0.4) is 0 Å². The van der Waals surface area contributed by atoms with Crippen LogP contribution < -0.4 is 0 Å². The molecular formula is C18H19NO4. The van der Waals surface area contributed by atoms with Crippen molar-refractivity contribution in [1.29, 1.82) is 0 Å². The molecule has 0 radical (unpaired) electrons. The van der Waals surface area contributed by atoms with Crippen molar-refractivity contribution >= 4 is 11.9 Å². The summed E-state index contributed by atoms with van der Waals surface area (Å²) in [5.41, 5.74) is 1.32. The highest BCUT2D eigenvalue weighted by Gasteiger charge is 2.25. The van der Waals surface area contributed by atoms with Crippen LogP contribution in [-0.4, -0.2) is 37.2 Å². The number of carbonyl (C=O) groups excluding carboxylic acids is 2. The highest BCUT2D eigenvalue weighted by Crippen LogP contribution is 2.12. The van der Waals surface area contributed by atoms with Crippen molar-refractivity contribution in [1.82, 2.24) is 4.90 Å². The molecule has 120 valence electrons. The maximum atomic E-state index is 12.5. The summed E-state index contributed by atoms with van der Waals surface area (Å²) in [6.07, 6.45) is -1.92. The lowest BCUT2D eigenvalue weighted by molar-refractivity contribution is -0.0913. The van der Waals surface area contributed by atoms with Crippen molar-refractivity contribution in [2.75, 3.05) is 14.1 Å². The summed E-state index contributed by atoms with van der Waals surface area (Å²) in [4.78, 5) is 25.5. The monoisotopic (exact) mass is 313 g/mol. The van der Waals surface area contributed by atoms with Gasteiger partial charge in [-0.25, -0.2) is 4.79 Å². The molecule has 0 aromatic heterocycles. The smallest absolute Gasteiger partial charge is 0.411 e. The lowest BCUT2D eigenvalue weighted by Crippen LogP contribution is -2.34. The first kappa shape index (κ1) is 16.7. The van der Waals surface area contributed by atoms with Gasteiger partial charge in [0.1, 0.15) is 0 Å². The first-order valence-corrected chi connectivity index (χ1v) is 7.20. The average molecular weight is 313 g/mol. The summed E-state index contributed by atoms with van der Waals surface area (Å²) < 4.78 is 10.7. The zero-order valence-corrected chi connectivity index (χ0v) is 13.1. The SMILES string of the molecule is CN(C)C(=O)OC(OCc1ccccc1)C(=O)c1ccccc1. The van der Waals surface area contributed by atoms with E-state index in [1.165, 1.54) is 4.90 Å². The lowest BCUT2D eigenvalue weighted by atomic mass is 10.1. The molecule has 1 atom stereocenters. The standard InChI is InChI=1S/C18H19NO4/c1-19(2)18(21)23-17(16(20)15-11-7-4-8-12-15)22-13-14-9-5-3-6-10-14/h3-12,17H,13H2,1-2H3. The van der Waals surface area contributed by atoms with Crippen molar-refractivity contribution in [3.63, 3.8) is 0 Å². The quantitative estimate of drug-likeness (QED) is 0.607. The summed E-state index contributed by atoms with van der Waals surface area (Å²) >= 11 is 0. The number of hydrogen-bond acceptors (Lipinski definition) is 4. The van der Waals surface area contributed by atoms with E-state index in [-0.39, 0.29) is 6.61 Å². The second kappa shape index (κ2) is 8.10. The zero-order chi connectivity index (χ0) is 16.7. The molecule has 0 spiro atoms. The van der Waals surface area contributed by atoms with Crippen LogP contribution in [0, 0.1) is 0 Å². The van der Waals surface area contributed by atoms with Crippen LogP contribution in [0.2, 0.25) is 0 Å². The first-order valence-electron chi connectivity index (χ1n) is 7.20. The van der Waals surface area contributed by atoms with E-state index in [1.54, 1.807) is 38.4 Å². The van der Waals surface area contributed by atoms with Crippen LogP contribution in [0.5, 0.6) is 0 Å². The van der Waals surface area contributed by atoms with E-state index in [9.17, 15) is 9.59 Å². The molecule has 23 heavy (non-hydrogen) atoms. The van der Waals surface area contributed by atoms with E-state index in [0.717, 1.165) is 5.56 Å². The Hall–Kier alpha value is -2.66. The predicted octanol–water partition coefficient (Wildman–Crippen LogP) is 3.11. The maximum Gasteiger partial charge on any atom is 0.411 e. The molecule has 2 aromatic rings. The number of benzene rings is 2. The van der Waals surface area contributed by atoms with E-state index in [1.807, 2.05) is 36.4 Å². The summed E-state index contributed by atoms with van der Waals surface area (Å²) in [5, 5.41) is 0. The first-order chi connectivity index (χ1) is 11.1. The number of rotatable bonds is 6. The van der Waals surface area contributed by atoms with Gasteiger partial charge >= 0.3 is 6.09 Å². The zero-order valence-electron chi connectivity index (χ0n) is 13.1. The van der Waals surface area contributed by atoms with Gasteiger partial charge in [0.2, 0.25) is 5.78 Å². The largest absolute Gasteiger partial charge is 0.411 e. The van der Waals surface area contributed by atoms with Crippen molar-refractivity contribution < 1.29 is 19.1 Å². The van der Waals surface area contributed by atoms with Crippen LogP contribution in [0.15, 0.2) is 60.7 Å². The minimum Gasteiger partial charge on any atom is -0.411 e. The van der Waals surface area contributed by atoms with Crippen LogP contribution >= 0.6 is 0 Å². The number of carbonyl (C=O) groups is 2. The number of ether oxygens (including phenoxy) is 2. The van der Waals surface area contributed by atoms with Gasteiger partial charge < -0.3 is 14.4 Å². The Morgan fingerprint density at radius 3 is 2.09 bits per heavy atom. The van der Waals surface area contributed by atoms with E-state index in [0.29, 0.717) is 5.56 Å². The van der Waals surface area contributed by atoms with Crippen LogP contribution in [0.1, 0.15) is 15.9 Å². The van der Waals surface area contributed by atoms with E-state index in [4.69, 9.17) is 9.47 Å². The fourth-order valence-corrected chi connectivity index (χ4v) is 1.84. The molecular weight excluding hydrogens is 294 g/mol. The van der Waals surface area contributed by atoms with Gasteiger partial charge in [-0.05, 0) is 5.56 Å². The van der Waals surface area contributed by atoms with Gasteiger partial charge in [-0.15, -0.1) is 0 Å². The topological polar surface area (TPSA) is 55.8 Å². The average Bonchev–Trinajstić information content (AvgIpc) is 2.59. The molecule has 2 aromatic carbocycles. The highest BCUT2D eigenvalue weighted by molar-refractivity contribution is 5.99. The van der Waals surface area contributed by atoms with Gasteiger partial charge in [0.25, 0.3) is 6.29 Å². The number of ketones is 1. The molecule has 0 saturated carbocycles. The van der Waals surface area contributed by atoms with Gasteiger partial charge in [0.15, 0.2) is 0 Å². The summed E-state index contributed by atoms with van der Waals surface area (Å²) in [7, 11) is 3.09. The molecule has 0 N–H and O–H groups in total. The molecule has 5 heteroatoms. The van der Waals surface area contributed by atoms with Gasteiger partial charge in [-0.2, -0.15) is 0 Å². The minimum absolute atomic E-state index is 0.171. The molecule has 1 amide bonds. The van der Waals surface area contributed by atoms with Crippen LogP contribution in [-0.2, 0) is 16.1 Å². The summed E-state index contributed by atoms with van der Waals surface area (Å²) in [5.74, 6) is -0.392. The number of amides is 1. The Kier molecular flexibility index (Phi) is 5.88. The maximum absolute atomic E-state index is 12.5. The van der Waals surface area contributed by atoms with Gasteiger partial charge in [0.05, 0.1) is 6.61 Å². The Balaban J connectivity index is 2.11. The van der Waals surface area contributed by atoms with Crippen molar-refractivity contribution in [3.05, 3.63) is 71.8 Å². The third-order valence-corrected chi connectivity index (χ3v) is 3.09. The molecule has 0 fully saturated rings. The van der Waals surface area contributed by atoms with E-state index < -0.39 is 18.2 Å². The summed E-state index contributed by atoms with van der Waals surface area (Å²) in [6, 6.07) is 18.0. The fourth-order valence-electron chi connectivity index (χ4n) is 1.84. The Bertz CT molecular complexity index is 641. The van der Waals surface area contributed by atoms with E-state index in [2.05, 4.69) is 0 Å². The number of Topliss-reactive ketones (excluding diaryl/α,β-unsaturated/α-hetero) is 1. The van der Waals surface area contributed by atoms with Crippen molar-refractivity contribution in [2.24, 2.45) is 0 Å². The summed E-state index contributed by atoms with van der Waals surface area (Å²) in [6.45, 7) is 0.171. The minimum atomic E-state index is -1.28. The normalized spacial score (nSPS) is 11.6. The second-order valence-electron chi connectivity index (χ2n) is 5.14. The fraction of sp³-hybridized carbons (Fsp3) is 0.222. The lowest BCUT2D eigenvalue weighted by Gasteiger charge is -2.20. The van der Waals surface area contributed by atoms with Crippen molar-refractivity contribution in [2.45, 2.75) is 12.9 Å². The van der Waals surface area contributed by atoms with Gasteiger partial charge in [0, 0.05) is 19.7 Å². The molecule has 0 aliphatic carbocycles. The molecule has 0 heterocycles. The van der Waals surface area contributed by atoms with Gasteiger partial charge in [-0.3, -0.25) is 4.79 Å². The molecule has 1 unspecified atom stereocenters. The third kappa shape index (κ3) is 4.93.